The highest BCUT2D eigenvalue weighted by atomic mass is 16.5. The van der Waals surface area contributed by atoms with E-state index in [1.165, 1.54) is 0 Å². The molecule has 4 heteroatoms. The molecule has 2 rings (SSSR count). The van der Waals surface area contributed by atoms with Crippen molar-refractivity contribution < 1.29 is 9.84 Å². The summed E-state index contributed by atoms with van der Waals surface area (Å²) in [6.07, 6.45) is 2.69. The third kappa shape index (κ3) is 1.82. The Morgan fingerprint density at radius 2 is 2.47 bits per heavy atom. The minimum atomic E-state index is 0.0114. The van der Waals surface area contributed by atoms with Gasteiger partial charge in [0.2, 0.25) is 0 Å². The van der Waals surface area contributed by atoms with Gasteiger partial charge in [-0.3, -0.25) is 4.98 Å². The van der Waals surface area contributed by atoms with Crippen molar-refractivity contribution in [3.8, 4) is 0 Å². The molecule has 15 heavy (non-hydrogen) atoms. The molecule has 0 saturated heterocycles. The lowest BCUT2D eigenvalue weighted by Crippen LogP contribution is -2.29. The van der Waals surface area contributed by atoms with Gasteiger partial charge in [0.1, 0.15) is 6.23 Å². The number of aryl methyl sites for hydroxylation is 1. The summed E-state index contributed by atoms with van der Waals surface area (Å²) < 4.78 is 5.60. The summed E-state index contributed by atoms with van der Waals surface area (Å²) in [4.78, 5) is 4.25. The maximum absolute atomic E-state index is 9.18. The summed E-state index contributed by atoms with van der Waals surface area (Å²) in [5.41, 5.74) is 3.87. The number of nitrogens with zero attached hydrogens (tertiary/aromatic N) is 1. The Balaban J connectivity index is 2.40. The zero-order valence-corrected chi connectivity index (χ0v) is 9.08. The number of aliphatic hydroxyl groups excluding tert-OH is 1. The van der Waals surface area contributed by atoms with Crippen LogP contribution in [0.4, 0.5) is 5.69 Å². The normalized spacial score (nSPS) is 19.5. The van der Waals surface area contributed by atoms with Crippen LogP contribution in [-0.4, -0.2) is 16.3 Å². The molecule has 2 N–H and O–H groups in total. The molecule has 1 aromatic rings. The maximum Gasteiger partial charge on any atom is 0.127 e. The van der Waals surface area contributed by atoms with Crippen LogP contribution < -0.4 is 5.32 Å². The first kappa shape index (κ1) is 10.4. The van der Waals surface area contributed by atoms with Gasteiger partial charge in [-0.15, -0.1) is 0 Å². The Hall–Kier alpha value is -1.13. The summed E-state index contributed by atoms with van der Waals surface area (Å²) in [6.45, 7) is 4.60. The second kappa shape index (κ2) is 4.16. The summed E-state index contributed by atoms with van der Waals surface area (Å²) in [5, 5.41) is 12.5. The van der Waals surface area contributed by atoms with Crippen molar-refractivity contribution in [1.82, 2.24) is 4.98 Å². The number of anilines is 1. The lowest BCUT2D eigenvalue weighted by Gasteiger charge is -2.28. The van der Waals surface area contributed by atoms with E-state index in [2.05, 4.69) is 17.2 Å². The van der Waals surface area contributed by atoms with E-state index >= 15 is 0 Å². The predicted molar refractivity (Wildman–Crippen MR) is 57.4 cm³/mol. The Labute approximate surface area is 89.3 Å². The van der Waals surface area contributed by atoms with Crippen LogP contribution in [-0.2, 0) is 18.0 Å². The van der Waals surface area contributed by atoms with E-state index in [0.717, 1.165) is 28.9 Å². The summed E-state index contributed by atoms with van der Waals surface area (Å²) >= 11 is 0. The number of aliphatic hydroxyl groups is 1. The van der Waals surface area contributed by atoms with Crippen molar-refractivity contribution >= 4 is 5.69 Å². The quantitative estimate of drug-likeness (QED) is 0.774. The summed E-state index contributed by atoms with van der Waals surface area (Å²) in [6, 6.07) is 0. The molecule has 0 amide bonds. The minimum Gasteiger partial charge on any atom is -0.392 e. The van der Waals surface area contributed by atoms with E-state index in [4.69, 9.17) is 4.74 Å². The van der Waals surface area contributed by atoms with Crippen LogP contribution in [0.1, 0.15) is 30.2 Å². The largest absolute Gasteiger partial charge is 0.392 e. The van der Waals surface area contributed by atoms with Gasteiger partial charge in [-0.1, -0.05) is 6.92 Å². The predicted octanol–water partition coefficient (Wildman–Crippen LogP) is 1.56. The van der Waals surface area contributed by atoms with Gasteiger partial charge in [-0.2, -0.15) is 0 Å². The molecular weight excluding hydrogens is 192 g/mol. The third-order valence-corrected chi connectivity index (χ3v) is 2.74. The molecule has 4 nitrogen and oxygen atoms in total. The first-order chi connectivity index (χ1) is 7.26. The van der Waals surface area contributed by atoms with Crippen LogP contribution >= 0.6 is 0 Å². The van der Waals surface area contributed by atoms with Crippen molar-refractivity contribution in [3.05, 3.63) is 23.0 Å². The van der Waals surface area contributed by atoms with Gasteiger partial charge < -0.3 is 15.2 Å². The molecule has 1 aromatic heterocycles. The number of ether oxygens (including phenoxy) is 1. The van der Waals surface area contributed by atoms with Gasteiger partial charge in [0, 0.05) is 17.3 Å². The van der Waals surface area contributed by atoms with Gasteiger partial charge in [0.25, 0.3) is 0 Å². The second-order valence-electron chi connectivity index (χ2n) is 3.73. The number of nitrogens with one attached hydrogen (secondary N) is 1. The van der Waals surface area contributed by atoms with E-state index in [-0.39, 0.29) is 12.8 Å². The summed E-state index contributed by atoms with van der Waals surface area (Å²) in [5.74, 6) is 0. The molecule has 0 aromatic carbocycles. The molecular formula is C11H16N2O2. The van der Waals surface area contributed by atoms with Crippen molar-refractivity contribution in [2.45, 2.75) is 39.7 Å². The number of rotatable bonds is 2. The standard InChI is InChI=1S/C11H16N2O2/c1-3-10-13-11-7(2)12-4-8(5-14)9(11)6-15-10/h4,10,13-14H,3,5-6H2,1-2H3. The number of hydrogen-bond acceptors (Lipinski definition) is 4. The highest BCUT2D eigenvalue weighted by molar-refractivity contribution is 5.58. The fourth-order valence-corrected chi connectivity index (χ4v) is 1.80. The molecule has 0 aliphatic carbocycles. The molecule has 82 valence electrons. The fraction of sp³-hybridized carbons (Fsp3) is 0.545. The Bertz CT molecular complexity index is 366. The molecule has 1 aliphatic heterocycles. The van der Waals surface area contributed by atoms with Crippen LogP contribution in [0.5, 0.6) is 0 Å². The smallest absolute Gasteiger partial charge is 0.127 e. The summed E-state index contributed by atoms with van der Waals surface area (Å²) in [7, 11) is 0. The number of aromatic nitrogens is 1. The molecule has 0 saturated carbocycles. The van der Waals surface area contributed by atoms with E-state index in [1.54, 1.807) is 6.20 Å². The molecule has 1 unspecified atom stereocenters. The second-order valence-corrected chi connectivity index (χ2v) is 3.73. The molecule has 0 radical (unpaired) electrons. The molecule has 2 heterocycles. The Morgan fingerprint density at radius 3 is 3.13 bits per heavy atom. The monoisotopic (exact) mass is 208 g/mol. The van der Waals surface area contributed by atoms with Gasteiger partial charge in [-0.25, -0.2) is 0 Å². The van der Waals surface area contributed by atoms with Crippen LogP contribution in [0.2, 0.25) is 0 Å². The maximum atomic E-state index is 9.18. The zero-order chi connectivity index (χ0) is 10.8. The van der Waals surface area contributed by atoms with Crippen LogP contribution in [0.3, 0.4) is 0 Å². The lowest BCUT2D eigenvalue weighted by atomic mass is 10.1. The number of pyridine rings is 1. The number of hydrogen-bond donors (Lipinski definition) is 2. The molecule has 1 atom stereocenters. The van der Waals surface area contributed by atoms with Gasteiger partial charge >= 0.3 is 0 Å². The Morgan fingerprint density at radius 1 is 1.67 bits per heavy atom. The van der Waals surface area contributed by atoms with E-state index in [1.807, 2.05) is 6.92 Å². The van der Waals surface area contributed by atoms with E-state index in [0.29, 0.717) is 6.61 Å². The zero-order valence-electron chi connectivity index (χ0n) is 9.08. The van der Waals surface area contributed by atoms with Crippen LogP contribution in [0.25, 0.3) is 0 Å². The van der Waals surface area contributed by atoms with Gasteiger partial charge in [0.05, 0.1) is 24.6 Å². The highest BCUT2D eigenvalue weighted by Gasteiger charge is 2.21. The first-order valence-electron chi connectivity index (χ1n) is 5.22. The Kier molecular flexibility index (Phi) is 2.88. The topological polar surface area (TPSA) is 54.4 Å². The number of fused-ring (bicyclic) bond motifs is 1. The molecule has 0 fully saturated rings. The van der Waals surface area contributed by atoms with Gasteiger partial charge in [0.15, 0.2) is 0 Å². The molecule has 0 spiro atoms. The van der Waals surface area contributed by atoms with Gasteiger partial charge in [-0.05, 0) is 13.3 Å². The average Bonchev–Trinajstić information content (AvgIpc) is 2.29. The van der Waals surface area contributed by atoms with Crippen molar-refractivity contribution in [3.63, 3.8) is 0 Å². The lowest BCUT2D eigenvalue weighted by molar-refractivity contribution is 0.0476. The average molecular weight is 208 g/mol. The molecule has 0 bridgehead atoms. The van der Waals surface area contributed by atoms with E-state index < -0.39 is 0 Å². The van der Waals surface area contributed by atoms with Crippen LogP contribution in [0, 0.1) is 6.92 Å². The van der Waals surface area contributed by atoms with Crippen molar-refractivity contribution in [2.75, 3.05) is 5.32 Å². The first-order valence-corrected chi connectivity index (χ1v) is 5.22. The third-order valence-electron chi connectivity index (χ3n) is 2.74. The molecule has 1 aliphatic rings. The SMILES string of the molecule is CCC1Nc2c(C)ncc(CO)c2CO1. The highest BCUT2D eigenvalue weighted by Crippen LogP contribution is 2.29. The van der Waals surface area contributed by atoms with Crippen LogP contribution in [0.15, 0.2) is 6.20 Å². The fourth-order valence-electron chi connectivity index (χ4n) is 1.80. The minimum absolute atomic E-state index is 0.0114. The van der Waals surface area contributed by atoms with Crippen molar-refractivity contribution in [2.24, 2.45) is 0 Å². The van der Waals surface area contributed by atoms with Crippen molar-refractivity contribution in [1.29, 1.82) is 0 Å². The van der Waals surface area contributed by atoms with E-state index in [9.17, 15) is 5.11 Å².